The van der Waals surface area contributed by atoms with Gasteiger partial charge in [-0.2, -0.15) is 0 Å². The smallest absolute Gasteiger partial charge is 0.133 e. The third-order valence-corrected chi connectivity index (χ3v) is 4.48. The molecule has 0 bridgehead atoms. The molecule has 0 N–H and O–H groups in total. The van der Waals surface area contributed by atoms with Crippen LogP contribution in [0.15, 0.2) is 35.4 Å². The Labute approximate surface area is 131 Å². The van der Waals surface area contributed by atoms with E-state index in [9.17, 15) is 4.79 Å². The Morgan fingerprint density at radius 2 is 2.00 bits per heavy atom. The summed E-state index contributed by atoms with van der Waals surface area (Å²) in [5.41, 5.74) is 4.99. The summed E-state index contributed by atoms with van der Waals surface area (Å²) < 4.78 is 11.2. The molecule has 0 aromatic heterocycles. The van der Waals surface area contributed by atoms with Crippen LogP contribution in [0.25, 0.3) is 5.57 Å². The second-order valence-corrected chi connectivity index (χ2v) is 5.93. The highest BCUT2D eigenvalue weighted by Crippen LogP contribution is 2.40. The normalized spacial score (nSPS) is 21.2. The molecule has 3 heteroatoms. The van der Waals surface area contributed by atoms with E-state index in [2.05, 4.69) is 19.1 Å². The molecule has 22 heavy (non-hydrogen) atoms. The van der Waals surface area contributed by atoms with E-state index in [1.807, 2.05) is 12.1 Å². The molecule has 0 fully saturated rings. The lowest BCUT2D eigenvalue weighted by atomic mass is 9.87. The van der Waals surface area contributed by atoms with Crippen molar-refractivity contribution in [3.05, 3.63) is 41.0 Å². The molecule has 1 aromatic carbocycles. The number of allylic oxidation sites excluding steroid dienone is 2. The van der Waals surface area contributed by atoms with Gasteiger partial charge >= 0.3 is 0 Å². The van der Waals surface area contributed by atoms with Crippen LogP contribution in [0.5, 0.6) is 11.5 Å². The first-order valence-corrected chi connectivity index (χ1v) is 7.91. The van der Waals surface area contributed by atoms with Gasteiger partial charge in [-0.3, -0.25) is 4.79 Å². The molecule has 2 aliphatic rings. The van der Waals surface area contributed by atoms with E-state index in [1.165, 1.54) is 16.7 Å². The minimum absolute atomic E-state index is 0.370. The molecule has 0 saturated heterocycles. The number of fused-ring (bicyclic) bond motifs is 2. The van der Waals surface area contributed by atoms with Crippen LogP contribution in [0, 0.1) is 0 Å². The Hall–Kier alpha value is -2.03. The van der Waals surface area contributed by atoms with Gasteiger partial charge in [-0.05, 0) is 55.0 Å². The van der Waals surface area contributed by atoms with Gasteiger partial charge in [-0.15, -0.1) is 0 Å². The third-order valence-electron chi connectivity index (χ3n) is 4.48. The molecule has 0 atom stereocenters. The molecule has 3 nitrogen and oxygen atoms in total. The molecule has 3 rings (SSSR count). The first kappa shape index (κ1) is 14.9. The second-order valence-electron chi connectivity index (χ2n) is 5.93. The summed E-state index contributed by atoms with van der Waals surface area (Å²) >= 11 is 0. The summed E-state index contributed by atoms with van der Waals surface area (Å²) in [6, 6.07) is 5.99. The van der Waals surface area contributed by atoms with Crippen molar-refractivity contribution in [2.75, 3.05) is 13.7 Å². The van der Waals surface area contributed by atoms with E-state index < -0.39 is 0 Å². The quantitative estimate of drug-likeness (QED) is 0.774. The van der Waals surface area contributed by atoms with E-state index in [-0.39, 0.29) is 0 Å². The third kappa shape index (κ3) is 2.94. The molecule has 1 heterocycles. The van der Waals surface area contributed by atoms with Crippen molar-refractivity contribution in [2.24, 2.45) is 0 Å². The van der Waals surface area contributed by atoms with Gasteiger partial charge in [0.1, 0.15) is 23.9 Å². The Balaban J connectivity index is 2.03. The number of carbonyl (C=O) groups excluding carboxylic acids is 1. The van der Waals surface area contributed by atoms with Crippen LogP contribution in [-0.2, 0) is 4.79 Å². The fourth-order valence-corrected chi connectivity index (χ4v) is 3.20. The van der Waals surface area contributed by atoms with Crippen molar-refractivity contribution in [2.45, 2.75) is 39.0 Å². The lowest BCUT2D eigenvalue weighted by Crippen LogP contribution is -2.13. The van der Waals surface area contributed by atoms with E-state index in [4.69, 9.17) is 9.47 Å². The Kier molecular flexibility index (Phi) is 4.32. The highest BCUT2D eigenvalue weighted by molar-refractivity contribution is 5.81. The van der Waals surface area contributed by atoms with Gasteiger partial charge in [0.25, 0.3) is 0 Å². The minimum Gasteiger partial charge on any atom is -0.497 e. The average molecular weight is 298 g/mol. The lowest BCUT2D eigenvalue weighted by Gasteiger charge is -2.26. The number of Topliss-reactive ketones (excluding diaryl/α,β-unsaturated/α-hetero) is 1. The number of ether oxygens (including phenoxy) is 2. The average Bonchev–Trinajstić information content (AvgIpc) is 2.53. The van der Waals surface area contributed by atoms with Crippen LogP contribution < -0.4 is 9.47 Å². The van der Waals surface area contributed by atoms with E-state index in [1.54, 1.807) is 7.11 Å². The second kappa shape index (κ2) is 6.39. The molecule has 1 aliphatic heterocycles. The Bertz CT molecular complexity index is 653. The van der Waals surface area contributed by atoms with Crippen molar-refractivity contribution in [3.63, 3.8) is 0 Å². The van der Waals surface area contributed by atoms with Crippen molar-refractivity contribution in [1.29, 1.82) is 0 Å². The summed E-state index contributed by atoms with van der Waals surface area (Å²) in [4.78, 5) is 11.8. The number of methoxy groups -OCH3 is 1. The molecule has 0 unspecified atom stereocenters. The van der Waals surface area contributed by atoms with Gasteiger partial charge in [0.2, 0.25) is 0 Å². The molecular formula is C19H22O3. The largest absolute Gasteiger partial charge is 0.497 e. The van der Waals surface area contributed by atoms with Gasteiger partial charge in [0, 0.05) is 24.5 Å². The first-order valence-electron chi connectivity index (χ1n) is 7.91. The first-order chi connectivity index (χ1) is 10.7. The van der Waals surface area contributed by atoms with Crippen molar-refractivity contribution in [3.8, 4) is 11.5 Å². The Morgan fingerprint density at radius 1 is 1.14 bits per heavy atom. The maximum atomic E-state index is 11.8. The van der Waals surface area contributed by atoms with Gasteiger partial charge in [0.05, 0.1) is 7.11 Å². The SMILES string of the molecule is COc1ccc2c(c1)OCC1=C2CCCC(=O)CC/C=C/1C. The molecule has 0 radical (unpaired) electrons. The maximum absolute atomic E-state index is 11.8. The topological polar surface area (TPSA) is 35.5 Å². The van der Waals surface area contributed by atoms with Gasteiger partial charge in [0.15, 0.2) is 0 Å². The summed E-state index contributed by atoms with van der Waals surface area (Å²) in [5, 5.41) is 0. The molecule has 1 aromatic rings. The summed E-state index contributed by atoms with van der Waals surface area (Å²) in [6.07, 6.45) is 6.18. The number of hydrogen-bond acceptors (Lipinski definition) is 3. The number of rotatable bonds is 1. The number of carbonyl (C=O) groups is 1. The van der Waals surface area contributed by atoms with Crippen molar-refractivity contribution in [1.82, 2.24) is 0 Å². The van der Waals surface area contributed by atoms with E-state index in [0.29, 0.717) is 25.2 Å². The summed E-state index contributed by atoms with van der Waals surface area (Å²) in [7, 11) is 1.66. The number of ketones is 1. The lowest BCUT2D eigenvalue weighted by molar-refractivity contribution is -0.119. The molecule has 0 spiro atoms. The van der Waals surface area contributed by atoms with Gasteiger partial charge in [-0.25, -0.2) is 0 Å². The molecular weight excluding hydrogens is 276 g/mol. The summed E-state index contributed by atoms with van der Waals surface area (Å²) in [5.74, 6) is 2.06. The predicted molar refractivity (Wildman–Crippen MR) is 87.3 cm³/mol. The van der Waals surface area contributed by atoms with E-state index >= 15 is 0 Å². The minimum atomic E-state index is 0.370. The van der Waals surface area contributed by atoms with Crippen LogP contribution in [0.2, 0.25) is 0 Å². The van der Waals surface area contributed by atoms with Crippen LogP contribution >= 0.6 is 0 Å². The zero-order valence-electron chi connectivity index (χ0n) is 13.3. The number of benzene rings is 1. The van der Waals surface area contributed by atoms with Crippen LogP contribution in [-0.4, -0.2) is 19.5 Å². The van der Waals surface area contributed by atoms with Crippen LogP contribution in [0.3, 0.4) is 0 Å². The highest BCUT2D eigenvalue weighted by atomic mass is 16.5. The molecule has 0 amide bonds. The van der Waals surface area contributed by atoms with Crippen LogP contribution in [0.4, 0.5) is 0 Å². The maximum Gasteiger partial charge on any atom is 0.133 e. The van der Waals surface area contributed by atoms with Crippen LogP contribution in [0.1, 0.15) is 44.6 Å². The zero-order chi connectivity index (χ0) is 15.5. The zero-order valence-corrected chi connectivity index (χ0v) is 13.3. The number of hydrogen-bond donors (Lipinski definition) is 0. The molecule has 116 valence electrons. The van der Waals surface area contributed by atoms with Gasteiger partial charge < -0.3 is 9.47 Å². The summed E-state index contributed by atoms with van der Waals surface area (Å²) in [6.45, 7) is 2.73. The highest BCUT2D eigenvalue weighted by Gasteiger charge is 2.22. The standard InChI is InChI=1S/C19H22O3/c1-13-5-3-6-14(20)7-4-8-16-17-10-9-15(21-2)11-19(17)22-12-18(13)16/h5,9-11H,3-4,6-8,12H2,1-2H3/b13-5+. The fraction of sp³-hybridized carbons (Fsp3) is 0.421. The molecule has 0 saturated carbocycles. The van der Waals surface area contributed by atoms with E-state index in [0.717, 1.165) is 36.3 Å². The van der Waals surface area contributed by atoms with Gasteiger partial charge in [-0.1, -0.05) is 6.08 Å². The fourth-order valence-electron chi connectivity index (χ4n) is 3.20. The molecule has 1 aliphatic carbocycles. The van der Waals surface area contributed by atoms with Crippen molar-refractivity contribution < 1.29 is 14.3 Å². The Morgan fingerprint density at radius 3 is 2.82 bits per heavy atom. The van der Waals surface area contributed by atoms with Crippen molar-refractivity contribution >= 4 is 11.4 Å². The predicted octanol–water partition coefficient (Wildman–Crippen LogP) is 4.32. The monoisotopic (exact) mass is 298 g/mol.